The molecular formula is C11H13N5O3. The van der Waals surface area contributed by atoms with Gasteiger partial charge in [-0.1, -0.05) is 11.2 Å². The number of hydrogen-bond donors (Lipinski definition) is 1. The Bertz CT molecular complexity index is 537. The second-order valence-electron chi connectivity index (χ2n) is 3.82. The van der Waals surface area contributed by atoms with Gasteiger partial charge in [-0.2, -0.15) is 0 Å². The van der Waals surface area contributed by atoms with Crippen molar-refractivity contribution in [2.24, 2.45) is 5.11 Å². The Morgan fingerprint density at radius 2 is 2.32 bits per heavy atom. The smallest absolute Gasteiger partial charge is 0.273 e. The zero-order valence-electron chi connectivity index (χ0n) is 10.4. The van der Waals surface area contributed by atoms with Gasteiger partial charge in [0, 0.05) is 35.2 Å². The normalized spacial score (nSPS) is 9.53. The first-order valence-corrected chi connectivity index (χ1v) is 5.60. The summed E-state index contributed by atoms with van der Waals surface area (Å²) in [4.78, 5) is 24.6. The molecule has 0 saturated carbocycles. The van der Waals surface area contributed by atoms with Gasteiger partial charge in [-0.05, 0) is 24.9 Å². The topological polar surface area (TPSA) is 121 Å². The second kappa shape index (κ2) is 6.97. The van der Waals surface area contributed by atoms with E-state index in [-0.39, 0.29) is 17.2 Å². The third kappa shape index (κ3) is 4.29. The Hall–Kier alpha value is -2.60. The van der Waals surface area contributed by atoms with Crippen molar-refractivity contribution < 1.29 is 9.72 Å². The van der Waals surface area contributed by atoms with Crippen LogP contribution in [0.4, 0.5) is 5.69 Å². The van der Waals surface area contributed by atoms with Gasteiger partial charge in [0.25, 0.3) is 11.6 Å². The molecule has 0 saturated heterocycles. The first kappa shape index (κ1) is 14.5. The summed E-state index contributed by atoms with van der Waals surface area (Å²) in [5, 5.41) is 16.7. The summed E-state index contributed by atoms with van der Waals surface area (Å²) in [6.07, 6.45) is 0.518. The Balaban J connectivity index is 2.64. The van der Waals surface area contributed by atoms with Crippen molar-refractivity contribution in [1.82, 2.24) is 5.32 Å². The predicted octanol–water partition coefficient (Wildman–Crippen LogP) is 2.33. The van der Waals surface area contributed by atoms with Crippen LogP contribution in [0.15, 0.2) is 23.3 Å². The molecule has 0 fully saturated rings. The molecule has 0 atom stereocenters. The van der Waals surface area contributed by atoms with Crippen LogP contribution in [-0.4, -0.2) is 23.9 Å². The molecule has 8 nitrogen and oxygen atoms in total. The summed E-state index contributed by atoms with van der Waals surface area (Å²) in [6, 6.07) is 4.32. The Morgan fingerprint density at radius 3 is 2.95 bits per heavy atom. The lowest BCUT2D eigenvalue weighted by molar-refractivity contribution is -0.385. The van der Waals surface area contributed by atoms with E-state index in [1.807, 2.05) is 0 Å². The minimum atomic E-state index is -0.520. The van der Waals surface area contributed by atoms with Crippen molar-refractivity contribution in [3.8, 4) is 0 Å². The number of carbonyl (C=O) groups excluding carboxylic acids is 1. The average molecular weight is 263 g/mol. The highest BCUT2D eigenvalue weighted by molar-refractivity contribution is 5.94. The zero-order valence-corrected chi connectivity index (χ0v) is 10.4. The van der Waals surface area contributed by atoms with Crippen LogP contribution in [0, 0.1) is 17.0 Å². The lowest BCUT2D eigenvalue weighted by Gasteiger charge is -2.05. The van der Waals surface area contributed by atoms with Crippen molar-refractivity contribution in [1.29, 1.82) is 0 Å². The van der Waals surface area contributed by atoms with E-state index in [9.17, 15) is 14.9 Å². The molecule has 1 N–H and O–H groups in total. The van der Waals surface area contributed by atoms with Gasteiger partial charge in [-0.25, -0.2) is 0 Å². The third-order valence-electron chi connectivity index (χ3n) is 2.45. The fraction of sp³-hybridized carbons (Fsp3) is 0.364. The number of benzene rings is 1. The molecule has 0 heterocycles. The molecule has 1 rings (SSSR count). The van der Waals surface area contributed by atoms with Crippen molar-refractivity contribution >= 4 is 11.6 Å². The van der Waals surface area contributed by atoms with E-state index in [2.05, 4.69) is 15.3 Å². The summed E-state index contributed by atoms with van der Waals surface area (Å²) >= 11 is 0. The summed E-state index contributed by atoms with van der Waals surface area (Å²) < 4.78 is 0. The van der Waals surface area contributed by atoms with Crippen molar-refractivity contribution in [3.05, 3.63) is 49.9 Å². The maximum atomic E-state index is 11.7. The Morgan fingerprint density at radius 1 is 1.58 bits per heavy atom. The molecule has 1 amide bonds. The van der Waals surface area contributed by atoms with Gasteiger partial charge >= 0.3 is 0 Å². The van der Waals surface area contributed by atoms with Gasteiger partial charge in [-0.15, -0.1) is 0 Å². The summed E-state index contributed by atoms with van der Waals surface area (Å²) in [5.41, 5.74) is 8.73. The molecule has 0 aliphatic rings. The molecule has 0 aliphatic carbocycles. The molecule has 0 spiro atoms. The number of hydrogen-bond acceptors (Lipinski definition) is 4. The summed E-state index contributed by atoms with van der Waals surface area (Å²) in [5.74, 6) is -0.385. The van der Waals surface area contributed by atoms with Crippen LogP contribution in [0.5, 0.6) is 0 Å². The zero-order chi connectivity index (χ0) is 14.3. The molecule has 19 heavy (non-hydrogen) atoms. The van der Waals surface area contributed by atoms with Gasteiger partial charge < -0.3 is 5.32 Å². The number of nitro benzene ring substituents is 1. The monoisotopic (exact) mass is 263 g/mol. The van der Waals surface area contributed by atoms with Crippen LogP contribution in [0.3, 0.4) is 0 Å². The molecular weight excluding hydrogens is 250 g/mol. The lowest BCUT2D eigenvalue weighted by Crippen LogP contribution is -2.24. The van der Waals surface area contributed by atoms with Crippen LogP contribution in [0.2, 0.25) is 0 Å². The van der Waals surface area contributed by atoms with Gasteiger partial charge in [0.15, 0.2) is 0 Å². The van der Waals surface area contributed by atoms with Gasteiger partial charge in [0.05, 0.1) is 4.92 Å². The molecule has 0 unspecified atom stereocenters. The number of carbonyl (C=O) groups is 1. The minimum absolute atomic E-state index is 0.0817. The highest BCUT2D eigenvalue weighted by atomic mass is 16.6. The van der Waals surface area contributed by atoms with E-state index in [0.29, 0.717) is 25.1 Å². The van der Waals surface area contributed by atoms with E-state index >= 15 is 0 Å². The minimum Gasteiger partial charge on any atom is -0.352 e. The second-order valence-corrected chi connectivity index (χ2v) is 3.82. The maximum absolute atomic E-state index is 11.7. The van der Waals surface area contributed by atoms with Crippen molar-refractivity contribution in [2.45, 2.75) is 13.3 Å². The van der Waals surface area contributed by atoms with Gasteiger partial charge in [0.1, 0.15) is 0 Å². The number of amides is 1. The summed E-state index contributed by atoms with van der Waals surface area (Å²) in [6.45, 7) is 2.25. The summed E-state index contributed by atoms with van der Waals surface area (Å²) in [7, 11) is 0. The number of nitro groups is 1. The molecule has 8 heteroatoms. The Kier molecular flexibility index (Phi) is 5.31. The number of azide groups is 1. The van der Waals surface area contributed by atoms with Gasteiger partial charge in [0.2, 0.25) is 0 Å². The van der Waals surface area contributed by atoms with E-state index in [1.54, 1.807) is 6.92 Å². The fourth-order valence-corrected chi connectivity index (χ4v) is 1.45. The molecule has 1 aromatic rings. The fourth-order valence-electron chi connectivity index (χ4n) is 1.45. The molecule has 0 radical (unpaired) electrons. The highest BCUT2D eigenvalue weighted by Gasteiger charge is 2.14. The standard InChI is InChI=1S/C11H13N5O3/c1-8-3-4-9(7-10(8)16(18)19)11(17)13-5-2-6-14-15-12/h3-4,7H,2,5-6H2,1H3,(H,13,17). The first-order chi connectivity index (χ1) is 9.06. The molecule has 0 aromatic heterocycles. The first-order valence-electron chi connectivity index (χ1n) is 5.60. The number of aryl methyl sites for hydroxylation is 1. The number of nitrogens with one attached hydrogen (secondary N) is 1. The number of rotatable bonds is 6. The average Bonchev–Trinajstić information content (AvgIpc) is 2.38. The molecule has 0 bridgehead atoms. The van der Waals surface area contributed by atoms with E-state index in [0.717, 1.165) is 0 Å². The quantitative estimate of drug-likeness (QED) is 0.211. The molecule has 100 valence electrons. The number of nitrogens with zero attached hydrogens (tertiary/aromatic N) is 4. The van der Waals surface area contributed by atoms with E-state index in [4.69, 9.17) is 5.53 Å². The maximum Gasteiger partial charge on any atom is 0.273 e. The predicted molar refractivity (Wildman–Crippen MR) is 68.8 cm³/mol. The molecule has 0 aliphatic heterocycles. The van der Waals surface area contributed by atoms with Crippen LogP contribution in [-0.2, 0) is 0 Å². The third-order valence-corrected chi connectivity index (χ3v) is 2.45. The highest BCUT2D eigenvalue weighted by Crippen LogP contribution is 2.19. The van der Waals surface area contributed by atoms with Gasteiger partial charge in [-0.3, -0.25) is 14.9 Å². The van der Waals surface area contributed by atoms with Crippen LogP contribution >= 0.6 is 0 Å². The molecule has 1 aromatic carbocycles. The van der Waals surface area contributed by atoms with Crippen LogP contribution in [0.1, 0.15) is 22.3 Å². The van der Waals surface area contributed by atoms with Crippen LogP contribution in [0.25, 0.3) is 10.4 Å². The van der Waals surface area contributed by atoms with Crippen molar-refractivity contribution in [3.63, 3.8) is 0 Å². The SMILES string of the molecule is Cc1ccc(C(=O)NCCCN=[N+]=[N-])cc1[N+](=O)[O-]. The van der Waals surface area contributed by atoms with E-state index < -0.39 is 4.92 Å². The van der Waals surface area contributed by atoms with Crippen LogP contribution < -0.4 is 5.32 Å². The van der Waals surface area contributed by atoms with Crippen molar-refractivity contribution in [2.75, 3.05) is 13.1 Å². The Labute approximate surface area is 109 Å². The largest absolute Gasteiger partial charge is 0.352 e. The van der Waals surface area contributed by atoms with E-state index in [1.165, 1.54) is 18.2 Å². The lowest BCUT2D eigenvalue weighted by atomic mass is 10.1.